The van der Waals surface area contributed by atoms with Crippen molar-refractivity contribution in [3.63, 3.8) is 0 Å². The third-order valence-corrected chi connectivity index (χ3v) is 9.24. The van der Waals surface area contributed by atoms with Gasteiger partial charge in [0, 0.05) is 19.3 Å². The molecule has 0 spiro atoms. The molecule has 6 heteroatoms. The highest BCUT2D eigenvalue weighted by Gasteiger charge is 2.19. The lowest BCUT2D eigenvalue weighted by Gasteiger charge is -2.18. The number of allylic oxidation sites excluding steroid dienone is 18. The average Bonchev–Trinajstić information content (AvgIpc) is 3.23. The summed E-state index contributed by atoms with van der Waals surface area (Å²) >= 11 is 0. The molecule has 0 N–H and O–H groups in total. The zero-order chi connectivity index (χ0) is 43.0. The van der Waals surface area contributed by atoms with Crippen LogP contribution in [0.5, 0.6) is 0 Å². The maximum atomic E-state index is 12.7. The summed E-state index contributed by atoms with van der Waals surface area (Å²) in [6, 6.07) is 0. The van der Waals surface area contributed by atoms with Crippen LogP contribution in [0.3, 0.4) is 0 Å². The first-order chi connectivity index (χ1) is 29.0. The summed E-state index contributed by atoms with van der Waals surface area (Å²) in [6.45, 7) is 6.26. The first-order valence-corrected chi connectivity index (χ1v) is 23.4. The summed E-state index contributed by atoms with van der Waals surface area (Å²) in [5.74, 6) is -1.02. The van der Waals surface area contributed by atoms with Crippen molar-refractivity contribution < 1.29 is 28.6 Å². The Morgan fingerprint density at radius 2 is 0.661 bits per heavy atom. The average molecular weight is 817 g/mol. The standard InChI is InChI=1S/C53H84O6/c1-4-7-10-13-16-19-22-24-26-28-31-34-37-40-43-46-52(55)58-49-50(48-57-51(54)45-42-39-36-33-30-21-18-15-12-9-6-3)59-53(56)47-44-41-38-35-32-29-27-25-23-20-17-14-11-8-5-2/h7-8,10-11,15-20,24-27,31-32,34-35,50H,4-6,9,12-14,21-23,28-30,33,36-49H2,1-3H3/b10-7-,11-8-,18-15-,19-16-,20-17-,26-24-,27-25-,34-31-,35-32-/t50-/m0/s1. The van der Waals surface area contributed by atoms with Gasteiger partial charge in [-0.2, -0.15) is 0 Å². The van der Waals surface area contributed by atoms with Crippen molar-refractivity contribution in [2.75, 3.05) is 13.2 Å². The molecule has 0 saturated carbocycles. The van der Waals surface area contributed by atoms with Gasteiger partial charge in [-0.3, -0.25) is 14.4 Å². The summed E-state index contributed by atoms with van der Waals surface area (Å²) < 4.78 is 16.6. The number of carbonyl (C=O) groups is 3. The molecule has 1 atom stereocenters. The second-order valence-corrected chi connectivity index (χ2v) is 14.9. The smallest absolute Gasteiger partial charge is 0.306 e. The minimum atomic E-state index is -0.820. The molecule has 0 amide bonds. The molecule has 0 aromatic carbocycles. The zero-order valence-electron chi connectivity index (χ0n) is 37.7. The summed E-state index contributed by atoms with van der Waals surface area (Å²) in [7, 11) is 0. The van der Waals surface area contributed by atoms with Crippen LogP contribution in [0, 0.1) is 0 Å². The minimum absolute atomic E-state index is 0.115. The van der Waals surface area contributed by atoms with Gasteiger partial charge >= 0.3 is 17.9 Å². The number of ether oxygens (including phenoxy) is 3. The van der Waals surface area contributed by atoms with Crippen LogP contribution in [-0.4, -0.2) is 37.2 Å². The monoisotopic (exact) mass is 817 g/mol. The van der Waals surface area contributed by atoms with E-state index < -0.39 is 6.10 Å². The van der Waals surface area contributed by atoms with Crippen molar-refractivity contribution in [1.82, 2.24) is 0 Å². The Labute approximate surface area is 361 Å². The first kappa shape index (κ1) is 55.1. The van der Waals surface area contributed by atoms with Gasteiger partial charge in [-0.1, -0.05) is 162 Å². The highest BCUT2D eigenvalue weighted by molar-refractivity contribution is 5.71. The number of carbonyl (C=O) groups excluding carboxylic acids is 3. The fourth-order valence-electron chi connectivity index (χ4n) is 5.75. The lowest BCUT2D eigenvalue weighted by atomic mass is 10.1. The van der Waals surface area contributed by atoms with Crippen LogP contribution in [0.4, 0.5) is 0 Å². The van der Waals surface area contributed by atoms with E-state index in [1.54, 1.807) is 0 Å². The molecule has 0 aromatic heterocycles. The van der Waals surface area contributed by atoms with Gasteiger partial charge in [-0.15, -0.1) is 0 Å². The van der Waals surface area contributed by atoms with Gasteiger partial charge in [0.1, 0.15) is 13.2 Å². The van der Waals surface area contributed by atoms with E-state index >= 15 is 0 Å². The lowest BCUT2D eigenvalue weighted by molar-refractivity contribution is -0.167. The Bertz CT molecular complexity index is 1260. The molecular formula is C53H84O6. The highest BCUT2D eigenvalue weighted by atomic mass is 16.6. The number of unbranched alkanes of at least 4 members (excludes halogenated alkanes) is 11. The third kappa shape index (κ3) is 45.0. The first-order valence-electron chi connectivity index (χ1n) is 23.4. The fraction of sp³-hybridized carbons (Fsp3) is 0.604. The van der Waals surface area contributed by atoms with E-state index in [-0.39, 0.29) is 37.5 Å². The van der Waals surface area contributed by atoms with Crippen LogP contribution in [0.2, 0.25) is 0 Å². The van der Waals surface area contributed by atoms with E-state index in [0.717, 1.165) is 109 Å². The maximum Gasteiger partial charge on any atom is 0.306 e. The molecule has 0 radical (unpaired) electrons. The fourth-order valence-corrected chi connectivity index (χ4v) is 5.75. The van der Waals surface area contributed by atoms with Crippen LogP contribution in [0.1, 0.15) is 188 Å². The van der Waals surface area contributed by atoms with Crippen molar-refractivity contribution in [2.24, 2.45) is 0 Å². The van der Waals surface area contributed by atoms with Crippen LogP contribution >= 0.6 is 0 Å². The predicted molar refractivity (Wildman–Crippen MR) is 251 cm³/mol. The molecule has 0 saturated heterocycles. The highest BCUT2D eigenvalue weighted by Crippen LogP contribution is 2.11. The molecular weight excluding hydrogens is 733 g/mol. The Morgan fingerprint density at radius 3 is 1.08 bits per heavy atom. The minimum Gasteiger partial charge on any atom is -0.462 e. The molecule has 0 aromatic rings. The quantitative estimate of drug-likeness (QED) is 0.0265. The molecule has 0 fully saturated rings. The van der Waals surface area contributed by atoms with E-state index in [1.165, 1.54) is 25.7 Å². The van der Waals surface area contributed by atoms with E-state index in [0.29, 0.717) is 25.7 Å². The Balaban J connectivity index is 4.56. The molecule has 0 heterocycles. The Hall–Kier alpha value is -3.93. The van der Waals surface area contributed by atoms with Gasteiger partial charge in [0.25, 0.3) is 0 Å². The topological polar surface area (TPSA) is 78.9 Å². The van der Waals surface area contributed by atoms with Crippen molar-refractivity contribution in [1.29, 1.82) is 0 Å². The molecule has 0 bridgehead atoms. The van der Waals surface area contributed by atoms with E-state index in [2.05, 4.69) is 130 Å². The summed E-state index contributed by atoms with van der Waals surface area (Å²) in [6.07, 6.45) is 62.2. The molecule has 6 nitrogen and oxygen atoms in total. The van der Waals surface area contributed by atoms with Gasteiger partial charge < -0.3 is 14.2 Å². The van der Waals surface area contributed by atoms with Crippen LogP contribution in [-0.2, 0) is 28.6 Å². The second kappa shape index (κ2) is 46.8. The SMILES string of the molecule is CC/C=C\C/C=C\C/C=C\C/C=C\CCCCC(=O)OC[C@H](COC(=O)CCCCCCC/C=C\CCCC)OC(=O)CCCC/C=C\C/C=C\C/C=C\C/C=C\CC. The lowest BCUT2D eigenvalue weighted by Crippen LogP contribution is -2.30. The van der Waals surface area contributed by atoms with Gasteiger partial charge in [0.2, 0.25) is 0 Å². The third-order valence-electron chi connectivity index (χ3n) is 9.24. The zero-order valence-corrected chi connectivity index (χ0v) is 37.7. The summed E-state index contributed by atoms with van der Waals surface area (Å²) in [5.41, 5.74) is 0. The largest absolute Gasteiger partial charge is 0.462 e. The number of hydrogen-bond donors (Lipinski definition) is 0. The van der Waals surface area contributed by atoms with Crippen molar-refractivity contribution in [3.8, 4) is 0 Å². The molecule has 0 aliphatic carbocycles. The van der Waals surface area contributed by atoms with Crippen molar-refractivity contribution in [3.05, 3.63) is 109 Å². The molecule has 59 heavy (non-hydrogen) atoms. The van der Waals surface area contributed by atoms with Crippen LogP contribution in [0.15, 0.2) is 109 Å². The normalized spacial score (nSPS) is 13.1. The van der Waals surface area contributed by atoms with Gasteiger partial charge in [0.05, 0.1) is 0 Å². The van der Waals surface area contributed by atoms with E-state index in [1.807, 2.05) is 0 Å². The van der Waals surface area contributed by atoms with Crippen LogP contribution < -0.4 is 0 Å². The molecule has 0 rings (SSSR count). The van der Waals surface area contributed by atoms with Gasteiger partial charge in [-0.25, -0.2) is 0 Å². The second-order valence-electron chi connectivity index (χ2n) is 14.9. The molecule has 0 aliphatic rings. The van der Waals surface area contributed by atoms with Gasteiger partial charge in [-0.05, 0) is 116 Å². The summed E-state index contributed by atoms with van der Waals surface area (Å²) in [4.78, 5) is 37.8. The molecule has 332 valence electrons. The number of esters is 3. The number of hydrogen-bond acceptors (Lipinski definition) is 6. The number of rotatable bonds is 40. The van der Waals surface area contributed by atoms with E-state index in [9.17, 15) is 14.4 Å². The summed E-state index contributed by atoms with van der Waals surface area (Å²) in [5, 5.41) is 0. The Morgan fingerprint density at radius 1 is 0.356 bits per heavy atom. The van der Waals surface area contributed by atoms with Gasteiger partial charge in [0.15, 0.2) is 6.10 Å². The Kier molecular flexibility index (Phi) is 43.6. The predicted octanol–water partition coefficient (Wildman–Crippen LogP) is 15.2. The van der Waals surface area contributed by atoms with Crippen LogP contribution in [0.25, 0.3) is 0 Å². The van der Waals surface area contributed by atoms with Crippen molar-refractivity contribution in [2.45, 2.75) is 194 Å². The molecule has 0 aliphatic heterocycles. The molecule has 0 unspecified atom stereocenters. The maximum absolute atomic E-state index is 12.7. The van der Waals surface area contributed by atoms with E-state index in [4.69, 9.17) is 14.2 Å². The van der Waals surface area contributed by atoms with Crippen molar-refractivity contribution >= 4 is 17.9 Å².